The van der Waals surface area contributed by atoms with Crippen LogP contribution in [0.4, 0.5) is 5.69 Å². The smallest absolute Gasteiger partial charge is 0.159 e. The molecule has 98 valence electrons. The van der Waals surface area contributed by atoms with Gasteiger partial charge in [-0.05, 0) is 11.6 Å². The summed E-state index contributed by atoms with van der Waals surface area (Å²) in [5, 5.41) is 29.1. The zero-order valence-electron chi connectivity index (χ0n) is 10.3. The van der Waals surface area contributed by atoms with Crippen molar-refractivity contribution in [2.24, 2.45) is 0 Å². The second-order valence-corrected chi connectivity index (χ2v) is 4.78. The van der Waals surface area contributed by atoms with Gasteiger partial charge in [-0.25, -0.2) is 0 Å². The molecule has 4 nitrogen and oxygen atoms in total. The topological polar surface area (TPSA) is 63.9 Å². The van der Waals surface area contributed by atoms with Gasteiger partial charge in [0.05, 0.1) is 6.10 Å². The first kappa shape index (κ1) is 11.9. The number of benzene rings is 2. The van der Waals surface area contributed by atoms with Gasteiger partial charge in [0.2, 0.25) is 0 Å². The van der Waals surface area contributed by atoms with Crippen LogP contribution in [0.2, 0.25) is 0 Å². The van der Waals surface area contributed by atoms with E-state index in [4.69, 9.17) is 0 Å². The summed E-state index contributed by atoms with van der Waals surface area (Å²) < 4.78 is 0. The van der Waals surface area contributed by atoms with Crippen molar-refractivity contribution in [2.75, 3.05) is 11.4 Å². The van der Waals surface area contributed by atoms with Crippen molar-refractivity contribution in [3.05, 3.63) is 53.6 Å². The molecule has 0 bridgehead atoms. The standard InChI is InChI=1S/C15H15NO3/c17-13-6-11-12(7-14(13)18)16(9-15(11)19)8-10-4-2-1-3-5-10/h1-7,15,17-19H,8-9H2/t15-/m0/s1. The molecule has 0 aromatic heterocycles. The van der Waals surface area contributed by atoms with Crippen LogP contribution in [0.5, 0.6) is 11.5 Å². The van der Waals surface area contributed by atoms with Gasteiger partial charge in [-0.2, -0.15) is 0 Å². The summed E-state index contributed by atoms with van der Waals surface area (Å²) in [5.41, 5.74) is 2.56. The second-order valence-electron chi connectivity index (χ2n) is 4.78. The Morgan fingerprint density at radius 2 is 1.74 bits per heavy atom. The van der Waals surface area contributed by atoms with Crippen LogP contribution in [0.15, 0.2) is 42.5 Å². The Morgan fingerprint density at radius 1 is 1.05 bits per heavy atom. The Hall–Kier alpha value is -2.20. The van der Waals surface area contributed by atoms with Crippen LogP contribution in [0.1, 0.15) is 17.2 Å². The Balaban J connectivity index is 1.93. The molecule has 2 aromatic rings. The number of β-amino-alcohol motifs (C(OH)–C–C–N with tert-alkyl or cyclic N) is 1. The lowest BCUT2D eigenvalue weighted by Gasteiger charge is -2.19. The first-order chi connectivity index (χ1) is 9.15. The van der Waals surface area contributed by atoms with Gasteiger partial charge in [0.25, 0.3) is 0 Å². The molecule has 4 heteroatoms. The van der Waals surface area contributed by atoms with Gasteiger partial charge in [0.15, 0.2) is 11.5 Å². The van der Waals surface area contributed by atoms with Crippen LogP contribution in [0.3, 0.4) is 0 Å². The number of aliphatic hydroxyl groups excluding tert-OH is 1. The molecule has 1 aliphatic heterocycles. The van der Waals surface area contributed by atoms with Crippen molar-refractivity contribution in [1.29, 1.82) is 0 Å². The number of aromatic hydroxyl groups is 2. The highest BCUT2D eigenvalue weighted by molar-refractivity contribution is 5.65. The summed E-state index contributed by atoms with van der Waals surface area (Å²) in [5.74, 6) is -0.356. The Kier molecular flexibility index (Phi) is 2.80. The molecule has 1 atom stereocenters. The molecule has 3 N–H and O–H groups in total. The fourth-order valence-electron chi connectivity index (χ4n) is 2.48. The molecular weight excluding hydrogens is 242 g/mol. The van der Waals surface area contributed by atoms with Crippen LogP contribution in [-0.2, 0) is 6.54 Å². The zero-order chi connectivity index (χ0) is 13.4. The molecule has 19 heavy (non-hydrogen) atoms. The van der Waals surface area contributed by atoms with E-state index in [0.29, 0.717) is 18.7 Å². The molecule has 3 rings (SSSR count). The van der Waals surface area contributed by atoms with Gasteiger partial charge in [-0.1, -0.05) is 30.3 Å². The SMILES string of the molecule is Oc1cc2c(cc1O)N(Cc1ccccc1)C[C@@H]2O. The maximum atomic E-state index is 10.0. The third-order valence-corrected chi connectivity index (χ3v) is 3.43. The first-order valence-corrected chi connectivity index (χ1v) is 6.18. The maximum absolute atomic E-state index is 10.0. The maximum Gasteiger partial charge on any atom is 0.159 e. The zero-order valence-corrected chi connectivity index (χ0v) is 10.3. The molecule has 0 fully saturated rings. The average Bonchev–Trinajstić information content (AvgIpc) is 2.68. The van der Waals surface area contributed by atoms with E-state index < -0.39 is 6.10 Å². The van der Waals surface area contributed by atoms with E-state index in [1.807, 2.05) is 35.2 Å². The summed E-state index contributed by atoms with van der Waals surface area (Å²) in [7, 11) is 0. The summed E-state index contributed by atoms with van der Waals surface area (Å²) in [6.45, 7) is 1.13. The van der Waals surface area contributed by atoms with Crippen LogP contribution in [0, 0.1) is 0 Å². The summed E-state index contributed by atoms with van der Waals surface area (Å²) in [4.78, 5) is 1.99. The van der Waals surface area contributed by atoms with Crippen molar-refractivity contribution >= 4 is 5.69 Å². The molecule has 0 saturated heterocycles. The summed E-state index contributed by atoms with van der Waals surface area (Å²) >= 11 is 0. The number of hydrogen-bond donors (Lipinski definition) is 3. The quantitative estimate of drug-likeness (QED) is 0.721. The Morgan fingerprint density at radius 3 is 2.47 bits per heavy atom. The third-order valence-electron chi connectivity index (χ3n) is 3.43. The van der Waals surface area contributed by atoms with Gasteiger partial charge < -0.3 is 20.2 Å². The largest absolute Gasteiger partial charge is 0.504 e. The van der Waals surface area contributed by atoms with Gasteiger partial charge in [-0.3, -0.25) is 0 Å². The van der Waals surface area contributed by atoms with Crippen LogP contribution in [-0.4, -0.2) is 21.9 Å². The highest BCUT2D eigenvalue weighted by Crippen LogP contribution is 2.41. The molecule has 0 unspecified atom stereocenters. The fraction of sp³-hybridized carbons (Fsp3) is 0.200. The molecule has 0 amide bonds. The highest BCUT2D eigenvalue weighted by Gasteiger charge is 2.28. The Bertz CT molecular complexity index is 598. The van der Waals surface area contributed by atoms with E-state index in [9.17, 15) is 15.3 Å². The molecule has 0 spiro atoms. The summed E-state index contributed by atoms with van der Waals surface area (Å²) in [6.07, 6.45) is -0.634. The molecule has 0 radical (unpaired) electrons. The lowest BCUT2D eigenvalue weighted by atomic mass is 10.1. The Labute approximate surface area is 111 Å². The number of nitrogens with zero attached hydrogens (tertiary/aromatic N) is 1. The number of hydrogen-bond acceptors (Lipinski definition) is 4. The summed E-state index contributed by atoms with van der Waals surface area (Å²) in [6, 6.07) is 12.9. The van der Waals surface area contributed by atoms with E-state index in [0.717, 1.165) is 11.3 Å². The third kappa shape index (κ3) is 2.11. The lowest BCUT2D eigenvalue weighted by molar-refractivity contribution is 0.193. The van der Waals surface area contributed by atoms with Gasteiger partial charge >= 0.3 is 0 Å². The van der Waals surface area contributed by atoms with Crippen molar-refractivity contribution in [2.45, 2.75) is 12.6 Å². The molecular formula is C15H15NO3. The number of phenolic OH excluding ortho intramolecular Hbond substituents is 2. The normalized spacial score (nSPS) is 17.5. The first-order valence-electron chi connectivity index (χ1n) is 6.18. The van der Waals surface area contributed by atoms with Crippen molar-refractivity contribution in [1.82, 2.24) is 0 Å². The van der Waals surface area contributed by atoms with E-state index in [2.05, 4.69) is 0 Å². The van der Waals surface area contributed by atoms with E-state index in [1.165, 1.54) is 12.1 Å². The minimum absolute atomic E-state index is 0.161. The fourth-order valence-corrected chi connectivity index (χ4v) is 2.48. The van der Waals surface area contributed by atoms with Crippen LogP contribution in [0.25, 0.3) is 0 Å². The molecule has 0 aliphatic carbocycles. The van der Waals surface area contributed by atoms with Crippen LogP contribution < -0.4 is 4.90 Å². The predicted octanol–water partition coefficient (Wildman–Crippen LogP) is 2.15. The number of anilines is 1. The molecule has 0 saturated carbocycles. The van der Waals surface area contributed by atoms with Gasteiger partial charge in [-0.15, -0.1) is 0 Å². The molecule has 2 aromatic carbocycles. The minimum Gasteiger partial charge on any atom is -0.504 e. The van der Waals surface area contributed by atoms with E-state index >= 15 is 0 Å². The van der Waals surface area contributed by atoms with Gasteiger partial charge in [0, 0.05) is 30.4 Å². The number of aliphatic hydroxyl groups is 1. The lowest BCUT2D eigenvalue weighted by Crippen LogP contribution is -2.21. The molecule has 1 aliphatic rings. The van der Waals surface area contributed by atoms with E-state index in [1.54, 1.807) is 0 Å². The predicted molar refractivity (Wildman–Crippen MR) is 72.2 cm³/mol. The van der Waals surface area contributed by atoms with Crippen molar-refractivity contribution in [3.63, 3.8) is 0 Å². The number of phenols is 2. The van der Waals surface area contributed by atoms with Gasteiger partial charge in [0.1, 0.15) is 0 Å². The number of rotatable bonds is 2. The molecule has 1 heterocycles. The van der Waals surface area contributed by atoms with Crippen molar-refractivity contribution < 1.29 is 15.3 Å². The number of fused-ring (bicyclic) bond motifs is 1. The second kappa shape index (κ2) is 4.48. The van der Waals surface area contributed by atoms with Crippen LogP contribution >= 0.6 is 0 Å². The minimum atomic E-state index is -0.634. The average molecular weight is 257 g/mol. The van der Waals surface area contributed by atoms with E-state index in [-0.39, 0.29) is 11.5 Å². The monoisotopic (exact) mass is 257 g/mol. The van der Waals surface area contributed by atoms with Crippen molar-refractivity contribution in [3.8, 4) is 11.5 Å². The highest BCUT2D eigenvalue weighted by atomic mass is 16.3.